The Morgan fingerprint density at radius 2 is 1.67 bits per heavy atom. The monoisotopic (exact) mass is 266 g/mol. The predicted octanol–water partition coefficient (Wildman–Crippen LogP) is 5.32. The lowest BCUT2D eigenvalue weighted by atomic mass is 10.1. The Hall–Kier alpha value is -1.09. The number of benzene rings is 2. The van der Waals surface area contributed by atoms with Gasteiger partial charge in [-0.2, -0.15) is 0 Å². The van der Waals surface area contributed by atoms with Crippen molar-refractivity contribution in [1.29, 1.82) is 0 Å². The highest BCUT2D eigenvalue weighted by Gasteiger charge is 2.07. The lowest BCUT2D eigenvalue weighted by Gasteiger charge is -2.07. The fourth-order valence-electron chi connectivity index (χ4n) is 1.82. The topological polar surface area (TPSA) is 0 Å². The van der Waals surface area contributed by atoms with E-state index in [-0.39, 0.29) is 11.6 Å². The molecule has 0 radical (unpaired) electrons. The first-order valence-electron chi connectivity index (χ1n) is 6.14. The number of hydrogen-bond donors (Lipinski definition) is 0. The molecule has 0 amide bonds. The van der Waals surface area contributed by atoms with E-state index in [9.17, 15) is 8.78 Å². The van der Waals surface area contributed by atoms with Crippen LogP contribution in [0.4, 0.5) is 8.78 Å². The van der Waals surface area contributed by atoms with Crippen LogP contribution in [0.5, 0.6) is 0 Å². The molecule has 0 N–H and O–H groups in total. The SMILES string of the molecule is CCCCSc1cc2cc(F)c(C)cc2cc1F. The standard InChI is InChI=1S/C15H16F2S/c1-3-4-5-18-15-9-12-7-13(16)10(2)6-11(12)8-14(15)17/h6-9H,3-5H2,1-2H3. The fourth-order valence-corrected chi connectivity index (χ4v) is 2.88. The summed E-state index contributed by atoms with van der Waals surface area (Å²) in [4.78, 5) is 0.610. The Morgan fingerprint density at radius 3 is 2.39 bits per heavy atom. The summed E-state index contributed by atoms with van der Waals surface area (Å²) in [6.45, 7) is 3.80. The van der Waals surface area contributed by atoms with Gasteiger partial charge in [0.2, 0.25) is 0 Å². The third-order valence-electron chi connectivity index (χ3n) is 2.92. The third kappa shape index (κ3) is 2.83. The molecule has 2 aromatic carbocycles. The molecule has 0 aromatic heterocycles. The van der Waals surface area contributed by atoms with Crippen LogP contribution in [0.15, 0.2) is 29.2 Å². The van der Waals surface area contributed by atoms with E-state index in [1.165, 1.54) is 23.9 Å². The van der Waals surface area contributed by atoms with E-state index in [4.69, 9.17) is 0 Å². The Morgan fingerprint density at radius 1 is 1.00 bits per heavy atom. The molecule has 96 valence electrons. The molecule has 2 aromatic rings. The van der Waals surface area contributed by atoms with Crippen LogP contribution in [0.1, 0.15) is 25.3 Å². The van der Waals surface area contributed by atoms with Crippen molar-refractivity contribution < 1.29 is 8.78 Å². The van der Waals surface area contributed by atoms with Gasteiger partial charge in [0.25, 0.3) is 0 Å². The minimum absolute atomic E-state index is 0.213. The Bertz CT molecular complexity index is 564. The second-order valence-corrected chi connectivity index (χ2v) is 5.57. The molecule has 0 nitrogen and oxygen atoms in total. The Kier molecular flexibility index (Phi) is 4.23. The molecule has 0 heterocycles. The maximum Gasteiger partial charge on any atom is 0.137 e. The van der Waals surface area contributed by atoms with Crippen molar-refractivity contribution in [2.45, 2.75) is 31.6 Å². The summed E-state index contributed by atoms with van der Waals surface area (Å²) in [5.74, 6) is 0.445. The second kappa shape index (κ2) is 5.70. The molecule has 0 bridgehead atoms. The maximum absolute atomic E-state index is 13.9. The highest BCUT2D eigenvalue weighted by atomic mass is 32.2. The Balaban J connectivity index is 2.38. The fraction of sp³-hybridized carbons (Fsp3) is 0.333. The van der Waals surface area contributed by atoms with Gasteiger partial charge in [0, 0.05) is 4.90 Å². The second-order valence-electron chi connectivity index (χ2n) is 4.43. The molecular formula is C15H16F2S. The van der Waals surface area contributed by atoms with E-state index in [0.717, 1.165) is 29.4 Å². The van der Waals surface area contributed by atoms with Gasteiger partial charge in [0.05, 0.1) is 0 Å². The van der Waals surface area contributed by atoms with Gasteiger partial charge in [0.15, 0.2) is 0 Å². The summed E-state index contributed by atoms with van der Waals surface area (Å²) in [5, 5.41) is 1.52. The van der Waals surface area contributed by atoms with Crippen molar-refractivity contribution in [3.05, 3.63) is 41.5 Å². The molecule has 0 aliphatic rings. The number of fused-ring (bicyclic) bond motifs is 1. The van der Waals surface area contributed by atoms with E-state index < -0.39 is 0 Å². The van der Waals surface area contributed by atoms with Crippen molar-refractivity contribution in [2.24, 2.45) is 0 Å². The minimum atomic E-state index is -0.237. The van der Waals surface area contributed by atoms with Crippen LogP contribution in [-0.2, 0) is 0 Å². The molecule has 0 atom stereocenters. The van der Waals surface area contributed by atoms with Crippen LogP contribution < -0.4 is 0 Å². The summed E-state index contributed by atoms with van der Waals surface area (Å²) >= 11 is 1.50. The molecule has 0 fully saturated rings. The molecule has 0 saturated carbocycles. The number of rotatable bonds is 4. The predicted molar refractivity (Wildman–Crippen MR) is 74.2 cm³/mol. The minimum Gasteiger partial charge on any atom is -0.207 e. The zero-order valence-electron chi connectivity index (χ0n) is 10.6. The van der Waals surface area contributed by atoms with E-state index in [0.29, 0.717) is 10.5 Å². The third-order valence-corrected chi connectivity index (χ3v) is 4.04. The van der Waals surface area contributed by atoms with Crippen molar-refractivity contribution in [1.82, 2.24) is 0 Å². The molecule has 0 spiro atoms. The van der Waals surface area contributed by atoms with Gasteiger partial charge >= 0.3 is 0 Å². The molecule has 0 aliphatic heterocycles. The van der Waals surface area contributed by atoms with Crippen molar-refractivity contribution >= 4 is 22.5 Å². The van der Waals surface area contributed by atoms with Crippen LogP contribution in [0.2, 0.25) is 0 Å². The first kappa shape index (κ1) is 13.3. The number of hydrogen-bond acceptors (Lipinski definition) is 1. The van der Waals surface area contributed by atoms with Gasteiger partial charge in [-0.05, 0) is 59.7 Å². The number of halogens is 2. The van der Waals surface area contributed by atoms with Crippen LogP contribution in [0.25, 0.3) is 10.8 Å². The smallest absolute Gasteiger partial charge is 0.137 e. The summed E-state index contributed by atoms with van der Waals surface area (Å²) < 4.78 is 27.4. The molecule has 0 unspecified atom stereocenters. The number of aryl methyl sites for hydroxylation is 1. The first-order valence-corrected chi connectivity index (χ1v) is 7.12. The van der Waals surface area contributed by atoms with Crippen molar-refractivity contribution in [3.63, 3.8) is 0 Å². The van der Waals surface area contributed by atoms with Crippen molar-refractivity contribution in [2.75, 3.05) is 5.75 Å². The zero-order chi connectivity index (χ0) is 13.1. The van der Waals surface area contributed by atoms with Gasteiger partial charge in [-0.25, -0.2) is 8.78 Å². The number of unbranched alkanes of at least 4 members (excludes halogenated alkanes) is 1. The van der Waals surface area contributed by atoms with Crippen molar-refractivity contribution in [3.8, 4) is 0 Å². The number of thioether (sulfide) groups is 1. The average molecular weight is 266 g/mol. The molecule has 18 heavy (non-hydrogen) atoms. The quantitative estimate of drug-likeness (QED) is 0.533. The van der Waals surface area contributed by atoms with Gasteiger partial charge in [-0.1, -0.05) is 13.3 Å². The normalized spacial score (nSPS) is 11.1. The lowest BCUT2D eigenvalue weighted by Crippen LogP contribution is -1.88. The molecule has 0 saturated heterocycles. The highest BCUT2D eigenvalue weighted by Crippen LogP contribution is 2.29. The van der Waals surface area contributed by atoms with Crippen LogP contribution in [-0.4, -0.2) is 5.75 Å². The summed E-state index contributed by atoms with van der Waals surface area (Å²) in [5.41, 5.74) is 0.549. The van der Waals surface area contributed by atoms with E-state index in [2.05, 4.69) is 6.92 Å². The molecule has 0 aliphatic carbocycles. The van der Waals surface area contributed by atoms with E-state index >= 15 is 0 Å². The first-order chi connectivity index (χ1) is 8.61. The maximum atomic E-state index is 13.9. The van der Waals surface area contributed by atoms with Crippen LogP contribution in [0.3, 0.4) is 0 Å². The van der Waals surface area contributed by atoms with E-state index in [1.54, 1.807) is 19.1 Å². The van der Waals surface area contributed by atoms with Gasteiger partial charge < -0.3 is 0 Å². The molecule has 3 heteroatoms. The highest BCUT2D eigenvalue weighted by molar-refractivity contribution is 7.99. The van der Waals surface area contributed by atoms with E-state index in [1.807, 2.05) is 0 Å². The molecule has 2 rings (SSSR count). The van der Waals surface area contributed by atoms with Gasteiger partial charge in [-0.15, -0.1) is 11.8 Å². The largest absolute Gasteiger partial charge is 0.207 e. The average Bonchev–Trinajstić information content (AvgIpc) is 2.33. The summed E-state index contributed by atoms with van der Waals surface area (Å²) in [7, 11) is 0. The molecular weight excluding hydrogens is 250 g/mol. The summed E-state index contributed by atoms with van der Waals surface area (Å²) in [6.07, 6.45) is 2.15. The van der Waals surface area contributed by atoms with Gasteiger partial charge in [0.1, 0.15) is 11.6 Å². The zero-order valence-corrected chi connectivity index (χ0v) is 11.4. The summed E-state index contributed by atoms with van der Waals surface area (Å²) in [6, 6.07) is 6.41. The van der Waals surface area contributed by atoms with Crippen LogP contribution >= 0.6 is 11.8 Å². The van der Waals surface area contributed by atoms with Crippen LogP contribution in [0, 0.1) is 18.6 Å². The van der Waals surface area contributed by atoms with Gasteiger partial charge in [-0.3, -0.25) is 0 Å². The lowest BCUT2D eigenvalue weighted by molar-refractivity contribution is 0.603. The Labute approximate surface area is 110 Å².